The van der Waals surface area contributed by atoms with Crippen LogP contribution in [0.5, 0.6) is 5.75 Å². The minimum absolute atomic E-state index is 0.205. The van der Waals surface area contributed by atoms with Crippen LogP contribution in [0.4, 0.5) is 0 Å². The average molecular weight is 240 g/mol. The summed E-state index contributed by atoms with van der Waals surface area (Å²) in [6, 6.07) is 8.24. The molecule has 1 aromatic heterocycles. The zero-order valence-corrected chi connectivity index (χ0v) is 8.92. The van der Waals surface area contributed by atoms with Gasteiger partial charge in [-0.25, -0.2) is 0 Å². The van der Waals surface area contributed by atoms with E-state index in [0.29, 0.717) is 0 Å². The fraction of sp³-hybridized carbons (Fsp3) is 0.111. The van der Waals surface area contributed by atoms with Crippen molar-refractivity contribution in [3.63, 3.8) is 0 Å². The summed E-state index contributed by atoms with van der Waals surface area (Å²) in [5, 5.41) is 6.64. The topological polar surface area (TPSA) is 82.3 Å². The molecule has 0 saturated carbocycles. The van der Waals surface area contributed by atoms with Crippen LogP contribution in [-0.4, -0.2) is 18.8 Å². The number of benzene rings is 1. The monoisotopic (exact) mass is 240 g/mol. The van der Waals surface area contributed by atoms with E-state index < -0.39 is 10.1 Å². The van der Waals surface area contributed by atoms with Crippen LogP contribution in [0.1, 0.15) is 5.69 Å². The molecule has 0 aliphatic heterocycles. The third kappa shape index (κ3) is 2.80. The highest BCUT2D eigenvalue weighted by Gasteiger charge is 2.16. The summed E-state index contributed by atoms with van der Waals surface area (Å²) in [4.78, 5) is 0. The Kier molecular flexibility index (Phi) is 2.86. The van der Waals surface area contributed by atoms with E-state index in [0.717, 1.165) is 6.26 Å². The molecule has 1 aromatic carbocycles. The van der Waals surface area contributed by atoms with Crippen LogP contribution in [0.15, 0.2) is 41.1 Å². The first-order valence-corrected chi connectivity index (χ1v) is 5.96. The van der Waals surface area contributed by atoms with E-state index in [1.807, 2.05) is 0 Å². The third-order valence-corrected chi connectivity index (χ3v) is 2.79. The molecule has 7 heteroatoms. The molecule has 2 rings (SSSR count). The zero-order chi connectivity index (χ0) is 11.4. The van der Waals surface area contributed by atoms with Gasteiger partial charge >= 0.3 is 10.1 Å². The second-order valence-electron chi connectivity index (χ2n) is 2.99. The Hall–Kier alpha value is -1.89. The molecule has 0 atom stereocenters. The first kappa shape index (κ1) is 10.6. The lowest BCUT2D eigenvalue weighted by Gasteiger charge is -2.04. The molecule has 6 nitrogen and oxygen atoms in total. The van der Waals surface area contributed by atoms with E-state index in [4.69, 9.17) is 4.18 Å². The molecule has 0 bridgehead atoms. The van der Waals surface area contributed by atoms with Crippen molar-refractivity contribution in [2.75, 3.05) is 0 Å². The molecule has 0 radical (unpaired) electrons. The van der Waals surface area contributed by atoms with Crippen LogP contribution in [0.3, 0.4) is 0 Å². The van der Waals surface area contributed by atoms with Crippen molar-refractivity contribution in [2.45, 2.75) is 5.75 Å². The quantitative estimate of drug-likeness (QED) is 0.741. The molecule has 0 fully saturated rings. The molecular formula is C9H8N2O4S. The summed E-state index contributed by atoms with van der Waals surface area (Å²) < 4.78 is 32.3. The predicted octanol–water partition coefficient (Wildman–Crippen LogP) is 0.978. The fourth-order valence-electron chi connectivity index (χ4n) is 1.08. The number of aromatic nitrogens is 2. The molecule has 0 N–H and O–H groups in total. The lowest BCUT2D eigenvalue weighted by atomic mass is 10.3. The predicted molar refractivity (Wildman–Crippen MR) is 54.0 cm³/mol. The van der Waals surface area contributed by atoms with Crippen molar-refractivity contribution in [3.8, 4) is 5.75 Å². The van der Waals surface area contributed by atoms with E-state index in [2.05, 4.69) is 14.9 Å². The molecule has 0 amide bonds. The lowest BCUT2D eigenvalue weighted by Crippen LogP contribution is -2.12. The van der Waals surface area contributed by atoms with Crippen molar-refractivity contribution < 1.29 is 17.1 Å². The van der Waals surface area contributed by atoms with Crippen molar-refractivity contribution in [1.82, 2.24) is 10.4 Å². The van der Waals surface area contributed by atoms with Crippen molar-refractivity contribution in [1.29, 1.82) is 0 Å². The van der Waals surface area contributed by atoms with E-state index >= 15 is 0 Å². The van der Waals surface area contributed by atoms with E-state index in [1.54, 1.807) is 30.3 Å². The number of rotatable bonds is 4. The van der Waals surface area contributed by atoms with Gasteiger partial charge in [-0.2, -0.15) is 8.42 Å². The van der Waals surface area contributed by atoms with Gasteiger partial charge in [-0.1, -0.05) is 18.2 Å². The van der Waals surface area contributed by atoms with Gasteiger partial charge in [0.25, 0.3) is 0 Å². The summed E-state index contributed by atoms with van der Waals surface area (Å²) in [6.45, 7) is 0. The van der Waals surface area contributed by atoms with Crippen LogP contribution in [0, 0.1) is 0 Å². The molecule has 0 spiro atoms. The fourth-order valence-corrected chi connectivity index (χ4v) is 2.03. The van der Waals surface area contributed by atoms with Gasteiger partial charge in [-0.3, -0.25) is 0 Å². The summed E-state index contributed by atoms with van der Waals surface area (Å²) >= 11 is 0. The molecular weight excluding hydrogens is 232 g/mol. The van der Waals surface area contributed by atoms with Gasteiger partial charge in [-0.15, -0.1) is 5.10 Å². The van der Waals surface area contributed by atoms with E-state index in [-0.39, 0.29) is 17.2 Å². The third-order valence-electron chi connectivity index (χ3n) is 1.70. The van der Waals surface area contributed by atoms with Gasteiger partial charge < -0.3 is 8.71 Å². The van der Waals surface area contributed by atoms with Crippen LogP contribution in [0.2, 0.25) is 0 Å². The van der Waals surface area contributed by atoms with Gasteiger partial charge in [0.15, 0.2) is 0 Å². The van der Waals surface area contributed by atoms with Gasteiger partial charge in [0.1, 0.15) is 23.5 Å². The zero-order valence-electron chi connectivity index (χ0n) is 8.11. The van der Waals surface area contributed by atoms with Crippen LogP contribution in [-0.2, 0) is 15.9 Å². The molecule has 0 unspecified atom stereocenters. The molecule has 2 aromatic rings. The Balaban J connectivity index is 2.09. The molecule has 0 saturated heterocycles. The molecule has 84 valence electrons. The van der Waals surface area contributed by atoms with Gasteiger partial charge in [0.2, 0.25) is 0 Å². The Labute approximate surface area is 92.0 Å². The van der Waals surface area contributed by atoms with Crippen molar-refractivity contribution in [2.24, 2.45) is 0 Å². The number of para-hydroxylation sites is 1. The maximum atomic E-state index is 11.5. The lowest BCUT2D eigenvalue weighted by molar-refractivity contribution is 0.392. The first-order valence-electron chi connectivity index (χ1n) is 4.39. The van der Waals surface area contributed by atoms with Crippen LogP contribution in [0.25, 0.3) is 0 Å². The molecule has 0 aliphatic carbocycles. The first-order chi connectivity index (χ1) is 7.66. The second kappa shape index (κ2) is 4.31. The standard InChI is InChI=1S/C9H8N2O4S/c12-16(13,7-8-6-14-11-10-8)15-9-4-2-1-3-5-9/h1-6H,7H2. The van der Waals surface area contributed by atoms with Gasteiger partial charge in [-0.05, 0) is 12.1 Å². The average Bonchev–Trinajstić information content (AvgIpc) is 2.70. The Morgan fingerprint density at radius 1 is 1.25 bits per heavy atom. The highest BCUT2D eigenvalue weighted by atomic mass is 32.2. The Morgan fingerprint density at radius 3 is 2.62 bits per heavy atom. The second-order valence-corrected chi connectivity index (χ2v) is 4.57. The van der Waals surface area contributed by atoms with Crippen molar-refractivity contribution >= 4 is 10.1 Å². The minimum Gasteiger partial charge on any atom is -0.382 e. The molecule has 1 heterocycles. The Morgan fingerprint density at radius 2 is 2.00 bits per heavy atom. The SMILES string of the molecule is O=S(=O)(Cc1conn1)Oc1ccccc1. The largest absolute Gasteiger partial charge is 0.382 e. The van der Waals surface area contributed by atoms with Crippen LogP contribution >= 0.6 is 0 Å². The number of hydrogen-bond donors (Lipinski definition) is 0. The van der Waals surface area contributed by atoms with E-state index in [9.17, 15) is 8.42 Å². The number of nitrogens with zero attached hydrogens (tertiary/aromatic N) is 2. The smallest absolute Gasteiger partial charge is 0.315 e. The highest BCUT2D eigenvalue weighted by Crippen LogP contribution is 2.13. The van der Waals surface area contributed by atoms with Crippen molar-refractivity contribution in [3.05, 3.63) is 42.3 Å². The maximum Gasteiger partial charge on any atom is 0.315 e. The molecule has 0 aliphatic rings. The van der Waals surface area contributed by atoms with Crippen LogP contribution < -0.4 is 4.18 Å². The molecule has 16 heavy (non-hydrogen) atoms. The maximum absolute atomic E-state index is 11.5. The summed E-state index contributed by atoms with van der Waals surface area (Å²) in [5.41, 5.74) is 0.205. The van der Waals surface area contributed by atoms with Gasteiger partial charge in [0.05, 0.1) is 0 Å². The highest BCUT2D eigenvalue weighted by molar-refractivity contribution is 7.86. The van der Waals surface area contributed by atoms with Gasteiger partial charge in [0, 0.05) is 5.27 Å². The number of hydrogen-bond acceptors (Lipinski definition) is 6. The summed E-state index contributed by atoms with van der Waals surface area (Å²) in [6.07, 6.45) is 1.16. The Bertz CT molecular complexity index is 536. The minimum atomic E-state index is -3.72. The van der Waals surface area contributed by atoms with E-state index in [1.165, 1.54) is 0 Å². The summed E-state index contributed by atoms with van der Waals surface area (Å²) in [7, 11) is -3.72. The summed E-state index contributed by atoms with van der Waals surface area (Å²) in [5.74, 6) is -0.107. The normalized spacial score (nSPS) is 11.2.